The molecule has 4 aromatic rings. The number of imidazole rings is 1. The van der Waals surface area contributed by atoms with Gasteiger partial charge in [0.25, 0.3) is 5.91 Å². The van der Waals surface area contributed by atoms with Crippen molar-refractivity contribution >= 4 is 22.9 Å². The van der Waals surface area contributed by atoms with Crippen LogP contribution in [0.5, 0.6) is 11.5 Å². The number of aryl methyl sites for hydroxylation is 1. The summed E-state index contributed by atoms with van der Waals surface area (Å²) in [7, 11) is 4.98. The minimum absolute atomic E-state index is 0.132. The van der Waals surface area contributed by atoms with Gasteiger partial charge in [0.05, 0.1) is 30.9 Å². The maximum atomic E-state index is 13.4. The number of anilines is 1. The summed E-state index contributed by atoms with van der Waals surface area (Å²) in [6.07, 6.45) is 0. The van der Waals surface area contributed by atoms with Crippen LogP contribution in [0.2, 0.25) is 0 Å². The summed E-state index contributed by atoms with van der Waals surface area (Å²) in [5, 5.41) is 4.56. The second-order valence-electron chi connectivity index (χ2n) is 7.11. The monoisotopic (exact) mass is 403 g/mol. The molecule has 0 aliphatic carbocycles. The smallest absolute Gasteiger partial charge is 0.278 e. The van der Waals surface area contributed by atoms with E-state index in [-0.39, 0.29) is 5.91 Å². The fourth-order valence-electron chi connectivity index (χ4n) is 3.93. The van der Waals surface area contributed by atoms with Crippen molar-refractivity contribution in [3.05, 3.63) is 54.2 Å². The van der Waals surface area contributed by atoms with Gasteiger partial charge in [-0.3, -0.25) is 14.4 Å². The van der Waals surface area contributed by atoms with E-state index < -0.39 is 0 Å². The zero-order valence-electron chi connectivity index (χ0n) is 17.0. The number of benzene rings is 2. The summed E-state index contributed by atoms with van der Waals surface area (Å²) < 4.78 is 14.5. The summed E-state index contributed by atoms with van der Waals surface area (Å²) in [5.74, 6) is 1.89. The lowest BCUT2D eigenvalue weighted by Crippen LogP contribution is -2.31. The van der Waals surface area contributed by atoms with E-state index in [0.29, 0.717) is 35.4 Å². The molecule has 30 heavy (non-hydrogen) atoms. The van der Waals surface area contributed by atoms with Crippen LogP contribution < -0.4 is 14.4 Å². The zero-order valence-corrected chi connectivity index (χ0v) is 17.0. The normalized spacial score (nSPS) is 13.0. The molecule has 152 valence electrons. The topological polar surface area (TPSA) is 74.4 Å². The Kier molecular flexibility index (Phi) is 4.20. The van der Waals surface area contributed by atoms with E-state index in [0.717, 1.165) is 23.1 Å². The highest BCUT2D eigenvalue weighted by molar-refractivity contribution is 6.06. The third-order valence-corrected chi connectivity index (χ3v) is 5.45. The van der Waals surface area contributed by atoms with Crippen LogP contribution >= 0.6 is 0 Å². The summed E-state index contributed by atoms with van der Waals surface area (Å²) in [6.45, 7) is 1.30. The number of ether oxygens (including phenoxy) is 2. The fraction of sp³-hybridized carbons (Fsp3) is 0.227. The molecule has 0 saturated carbocycles. The van der Waals surface area contributed by atoms with Crippen LogP contribution in [0.4, 0.5) is 5.95 Å². The maximum absolute atomic E-state index is 13.4. The molecule has 0 spiro atoms. The minimum atomic E-state index is -0.132. The quantitative estimate of drug-likeness (QED) is 0.523. The van der Waals surface area contributed by atoms with Crippen molar-refractivity contribution in [2.45, 2.75) is 6.54 Å². The summed E-state index contributed by atoms with van der Waals surface area (Å²) >= 11 is 0. The van der Waals surface area contributed by atoms with E-state index in [1.807, 2.05) is 42.5 Å². The number of methoxy groups -OCH3 is 2. The molecule has 0 bridgehead atoms. The molecular formula is C22H21N5O3. The van der Waals surface area contributed by atoms with E-state index in [1.165, 1.54) is 0 Å². The van der Waals surface area contributed by atoms with Gasteiger partial charge in [0.15, 0.2) is 0 Å². The molecule has 1 aliphatic heterocycles. The highest BCUT2D eigenvalue weighted by Gasteiger charge is 2.31. The fourth-order valence-corrected chi connectivity index (χ4v) is 3.93. The van der Waals surface area contributed by atoms with Crippen LogP contribution in [0, 0.1) is 0 Å². The van der Waals surface area contributed by atoms with Gasteiger partial charge in [-0.15, -0.1) is 0 Å². The van der Waals surface area contributed by atoms with Crippen LogP contribution in [-0.2, 0) is 13.6 Å². The van der Waals surface area contributed by atoms with Crippen molar-refractivity contribution in [3.8, 4) is 22.8 Å². The van der Waals surface area contributed by atoms with Gasteiger partial charge in [-0.05, 0) is 36.4 Å². The Morgan fingerprint density at radius 2 is 1.87 bits per heavy atom. The predicted molar refractivity (Wildman–Crippen MR) is 113 cm³/mol. The van der Waals surface area contributed by atoms with Crippen LogP contribution in [0.25, 0.3) is 22.3 Å². The zero-order chi connectivity index (χ0) is 20.8. The van der Waals surface area contributed by atoms with Crippen molar-refractivity contribution < 1.29 is 14.3 Å². The Morgan fingerprint density at radius 3 is 2.67 bits per heavy atom. The van der Waals surface area contributed by atoms with Gasteiger partial charge in [0.1, 0.15) is 17.2 Å². The highest BCUT2D eigenvalue weighted by Crippen LogP contribution is 2.34. The van der Waals surface area contributed by atoms with Crippen molar-refractivity contribution in [1.82, 2.24) is 19.3 Å². The molecule has 2 aromatic carbocycles. The summed E-state index contributed by atoms with van der Waals surface area (Å²) in [6, 6.07) is 15.2. The molecule has 8 heteroatoms. The lowest BCUT2D eigenvalue weighted by Gasteiger charge is -2.13. The molecular weight excluding hydrogens is 382 g/mol. The number of fused-ring (bicyclic) bond motifs is 3. The molecule has 0 fully saturated rings. The Labute approximate surface area is 173 Å². The lowest BCUT2D eigenvalue weighted by molar-refractivity contribution is 0.0979. The first kappa shape index (κ1) is 18.2. The van der Waals surface area contributed by atoms with Crippen molar-refractivity contribution in [1.29, 1.82) is 0 Å². The Bertz CT molecular complexity index is 1270. The number of hydrogen-bond donors (Lipinski definition) is 0. The molecule has 2 aromatic heterocycles. The first-order chi connectivity index (χ1) is 14.6. The Balaban J connectivity index is 1.53. The first-order valence-electron chi connectivity index (χ1n) is 9.64. The summed E-state index contributed by atoms with van der Waals surface area (Å²) in [4.78, 5) is 19.8. The molecule has 3 heterocycles. The highest BCUT2D eigenvalue weighted by atomic mass is 16.5. The molecule has 1 aliphatic rings. The average molecular weight is 403 g/mol. The molecule has 5 rings (SSSR count). The number of carbonyl (C=O) groups excluding carboxylic acids is 1. The van der Waals surface area contributed by atoms with Crippen LogP contribution in [-0.4, -0.2) is 46.0 Å². The van der Waals surface area contributed by atoms with Gasteiger partial charge in [-0.1, -0.05) is 12.1 Å². The van der Waals surface area contributed by atoms with E-state index in [9.17, 15) is 4.79 Å². The van der Waals surface area contributed by atoms with Crippen LogP contribution in [0.3, 0.4) is 0 Å². The third-order valence-electron chi connectivity index (χ3n) is 5.45. The molecule has 0 unspecified atom stereocenters. The molecule has 0 radical (unpaired) electrons. The van der Waals surface area contributed by atoms with Crippen LogP contribution in [0.15, 0.2) is 48.5 Å². The van der Waals surface area contributed by atoms with Gasteiger partial charge in [0.2, 0.25) is 5.95 Å². The van der Waals surface area contributed by atoms with E-state index in [2.05, 4.69) is 14.6 Å². The number of amides is 1. The number of rotatable bonds is 4. The average Bonchev–Trinajstić information content (AvgIpc) is 3.46. The number of carbonyl (C=O) groups is 1. The molecule has 8 nitrogen and oxygen atoms in total. The number of hydrogen-bond acceptors (Lipinski definition) is 5. The van der Waals surface area contributed by atoms with Gasteiger partial charge in [0, 0.05) is 25.7 Å². The molecule has 0 saturated heterocycles. The van der Waals surface area contributed by atoms with Gasteiger partial charge < -0.3 is 14.0 Å². The number of aromatic nitrogens is 4. The Hall–Kier alpha value is -3.81. The van der Waals surface area contributed by atoms with Crippen LogP contribution in [0.1, 0.15) is 10.5 Å². The second kappa shape index (κ2) is 6.91. The largest absolute Gasteiger partial charge is 0.497 e. The van der Waals surface area contributed by atoms with E-state index in [1.54, 1.807) is 36.9 Å². The lowest BCUT2D eigenvalue weighted by atomic mass is 10.1. The minimum Gasteiger partial charge on any atom is -0.497 e. The third kappa shape index (κ3) is 2.72. The molecule has 0 atom stereocenters. The first-order valence-corrected chi connectivity index (χ1v) is 9.64. The van der Waals surface area contributed by atoms with Crippen molar-refractivity contribution in [2.24, 2.45) is 7.05 Å². The van der Waals surface area contributed by atoms with E-state index >= 15 is 0 Å². The number of nitrogens with zero attached hydrogens (tertiary/aromatic N) is 5. The standard InChI is InChI=1S/C22H21N5O3/c1-25-19(13-17(24-25)15-12-14(29-2)8-9-20(15)30-3)21(28)27-11-10-26-18-7-5-4-6-16(18)23-22(26)27/h4-9,12-13H,10-11H2,1-3H3. The van der Waals surface area contributed by atoms with Gasteiger partial charge >= 0.3 is 0 Å². The predicted octanol–water partition coefficient (Wildman–Crippen LogP) is 3.11. The maximum Gasteiger partial charge on any atom is 0.278 e. The Morgan fingerprint density at radius 1 is 1.03 bits per heavy atom. The van der Waals surface area contributed by atoms with Crippen molar-refractivity contribution in [3.63, 3.8) is 0 Å². The number of para-hydroxylation sites is 2. The summed E-state index contributed by atoms with van der Waals surface area (Å²) in [5.41, 5.74) is 3.81. The SMILES string of the molecule is COc1ccc(OC)c(-c2cc(C(=O)N3CCn4c3nc3ccccc34)n(C)n2)c1. The van der Waals surface area contributed by atoms with Gasteiger partial charge in [-0.2, -0.15) is 5.10 Å². The molecule has 1 amide bonds. The second-order valence-corrected chi connectivity index (χ2v) is 7.11. The van der Waals surface area contributed by atoms with E-state index in [4.69, 9.17) is 9.47 Å². The van der Waals surface area contributed by atoms with Gasteiger partial charge in [-0.25, -0.2) is 4.98 Å². The van der Waals surface area contributed by atoms with Crippen molar-refractivity contribution in [2.75, 3.05) is 25.7 Å². The molecule has 0 N–H and O–H groups in total.